The molecule has 0 bridgehead atoms. The second-order valence-electron chi connectivity index (χ2n) is 5.32. The molecule has 0 radical (unpaired) electrons. The Morgan fingerprint density at radius 2 is 2.10 bits per heavy atom. The summed E-state index contributed by atoms with van der Waals surface area (Å²) >= 11 is 0. The van der Waals surface area contributed by atoms with E-state index in [0.29, 0.717) is 17.8 Å². The summed E-state index contributed by atoms with van der Waals surface area (Å²) in [7, 11) is 0. The second-order valence-corrected chi connectivity index (χ2v) is 5.32. The standard InChI is InChI=1S/C17H21N3O/c1-2-12-20(15-9-4-3-5-10-15)17(21)19-16-11-7-6-8-14(16)13-18/h2,6-8,11,15H,1,3-5,9-10,12H2,(H,19,21). The van der Waals surface area contributed by atoms with Crippen LogP contribution in [0.5, 0.6) is 0 Å². The molecule has 1 fully saturated rings. The average molecular weight is 283 g/mol. The minimum atomic E-state index is -0.149. The second kappa shape index (κ2) is 7.49. The molecule has 4 heteroatoms. The predicted molar refractivity (Wildman–Crippen MR) is 84.0 cm³/mol. The van der Waals surface area contributed by atoms with E-state index in [2.05, 4.69) is 18.0 Å². The van der Waals surface area contributed by atoms with Crippen LogP contribution in [0.2, 0.25) is 0 Å². The number of benzene rings is 1. The molecule has 1 aliphatic carbocycles. The minimum absolute atomic E-state index is 0.149. The van der Waals surface area contributed by atoms with E-state index < -0.39 is 0 Å². The molecule has 2 amide bonds. The third kappa shape index (κ3) is 3.85. The molecular formula is C17H21N3O. The maximum absolute atomic E-state index is 12.5. The van der Waals surface area contributed by atoms with Crippen LogP contribution in [0.4, 0.5) is 10.5 Å². The molecule has 1 aromatic carbocycles. The van der Waals surface area contributed by atoms with Gasteiger partial charge in [0.25, 0.3) is 0 Å². The summed E-state index contributed by atoms with van der Waals surface area (Å²) < 4.78 is 0. The van der Waals surface area contributed by atoms with Gasteiger partial charge < -0.3 is 10.2 Å². The van der Waals surface area contributed by atoms with Gasteiger partial charge in [-0.25, -0.2) is 4.79 Å². The Morgan fingerprint density at radius 1 is 1.38 bits per heavy atom. The molecule has 4 nitrogen and oxygen atoms in total. The van der Waals surface area contributed by atoms with Gasteiger partial charge in [0.05, 0.1) is 11.3 Å². The Morgan fingerprint density at radius 3 is 2.76 bits per heavy atom. The number of para-hydroxylation sites is 1. The lowest BCUT2D eigenvalue weighted by atomic mass is 9.94. The van der Waals surface area contributed by atoms with Gasteiger partial charge in [-0.2, -0.15) is 5.26 Å². The van der Waals surface area contributed by atoms with Crippen LogP contribution in [-0.4, -0.2) is 23.5 Å². The molecule has 1 saturated carbocycles. The number of hydrogen-bond acceptors (Lipinski definition) is 2. The van der Waals surface area contributed by atoms with E-state index in [1.54, 1.807) is 24.3 Å². The van der Waals surface area contributed by atoms with Crippen molar-refractivity contribution in [2.45, 2.75) is 38.1 Å². The van der Waals surface area contributed by atoms with Crippen molar-refractivity contribution in [1.29, 1.82) is 5.26 Å². The van der Waals surface area contributed by atoms with E-state index in [9.17, 15) is 4.79 Å². The SMILES string of the molecule is C=CCN(C(=O)Nc1ccccc1C#N)C1CCCCC1. The normalized spacial score (nSPS) is 15.0. The molecule has 0 atom stereocenters. The van der Waals surface area contributed by atoms with Crippen LogP contribution in [-0.2, 0) is 0 Å². The zero-order valence-corrected chi connectivity index (χ0v) is 12.2. The molecule has 1 aromatic rings. The number of nitriles is 1. The number of nitrogens with one attached hydrogen (secondary N) is 1. The topological polar surface area (TPSA) is 56.1 Å². The lowest BCUT2D eigenvalue weighted by molar-refractivity contribution is 0.176. The van der Waals surface area contributed by atoms with E-state index in [0.717, 1.165) is 12.8 Å². The van der Waals surface area contributed by atoms with Gasteiger partial charge >= 0.3 is 6.03 Å². The molecule has 1 N–H and O–H groups in total. The van der Waals surface area contributed by atoms with Crippen LogP contribution in [0.15, 0.2) is 36.9 Å². The Kier molecular flexibility index (Phi) is 5.39. The number of anilines is 1. The van der Waals surface area contributed by atoms with Crippen LogP contribution in [0.25, 0.3) is 0 Å². The van der Waals surface area contributed by atoms with E-state index in [1.807, 2.05) is 11.0 Å². The van der Waals surface area contributed by atoms with Crippen molar-refractivity contribution in [1.82, 2.24) is 4.90 Å². The van der Waals surface area contributed by atoms with Crippen molar-refractivity contribution in [2.24, 2.45) is 0 Å². The van der Waals surface area contributed by atoms with Crippen molar-refractivity contribution in [3.05, 3.63) is 42.5 Å². The third-order valence-electron chi connectivity index (χ3n) is 3.89. The summed E-state index contributed by atoms with van der Waals surface area (Å²) in [4.78, 5) is 14.4. The first kappa shape index (κ1) is 15.1. The Labute approximate surface area is 126 Å². The lowest BCUT2D eigenvalue weighted by Crippen LogP contribution is -2.44. The number of urea groups is 1. The monoisotopic (exact) mass is 283 g/mol. The molecule has 0 unspecified atom stereocenters. The summed E-state index contributed by atoms with van der Waals surface area (Å²) in [5, 5.41) is 12.0. The summed E-state index contributed by atoms with van der Waals surface area (Å²) in [6.45, 7) is 4.28. The van der Waals surface area contributed by atoms with Gasteiger partial charge in [0.1, 0.15) is 6.07 Å². The number of amides is 2. The Balaban J connectivity index is 2.11. The molecule has 0 aliphatic heterocycles. The van der Waals surface area contributed by atoms with Gasteiger partial charge in [0.2, 0.25) is 0 Å². The fourth-order valence-corrected chi connectivity index (χ4v) is 2.81. The fraction of sp³-hybridized carbons (Fsp3) is 0.412. The highest BCUT2D eigenvalue weighted by atomic mass is 16.2. The maximum atomic E-state index is 12.5. The highest BCUT2D eigenvalue weighted by Gasteiger charge is 2.24. The minimum Gasteiger partial charge on any atom is -0.318 e. The number of hydrogen-bond donors (Lipinski definition) is 1. The first-order valence-corrected chi connectivity index (χ1v) is 7.44. The average Bonchev–Trinajstić information content (AvgIpc) is 2.53. The van der Waals surface area contributed by atoms with Crippen molar-refractivity contribution < 1.29 is 4.79 Å². The number of carbonyl (C=O) groups is 1. The molecule has 0 aromatic heterocycles. The first-order chi connectivity index (χ1) is 10.3. The molecule has 21 heavy (non-hydrogen) atoms. The maximum Gasteiger partial charge on any atom is 0.322 e. The van der Waals surface area contributed by atoms with Gasteiger partial charge in [-0.3, -0.25) is 0 Å². The summed E-state index contributed by atoms with van der Waals surface area (Å²) in [6.07, 6.45) is 7.42. The summed E-state index contributed by atoms with van der Waals surface area (Å²) in [5.74, 6) is 0. The molecule has 1 aliphatic rings. The molecule has 110 valence electrons. The van der Waals surface area contributed by atoms with Crippen LogP contribution in [0, 0.1) is 11.3 Å². The number of carbonyl (C=O) groups excluding carboxylic acids is 1. The van der Waals surface area contributed by atoms with E-state index >= 15 is 0 Å². The van der Waals surface area contributed by atoms with Crippen molar-refractivity contribution in [3.8, 4) is 6.07 Å². The Hall–Kier alpha value is -2.28. The number of nitrogens with zero attached hydrogens (tertiary/aromatic N) is 2. The third-order valence-corrected chi connectivity index (χ3v) is 3.89. The van der Waals surface area contributed by atoms with Crippen molar-refractivity contribution in [3.63, 3.8) is 0 Å². The Bertz CT molecular complexity index is 541. The van der Waals surface area contributed by atoms with E-state index in [-0.39, 0.29) is 12.1 Å². The molecule has 0 spiro atoms. The van der Waals surface area contributed by atoms with Crippen LogP contribution in [0.3, 0.4) is 0 Å². The van der Waals surface area contributed by atoms with E-state index in [4.69, 9.17) is 5.26 Å². The highest BCUT2D eigenvalue weighted by Crippen LogP contribution is 2.24. The number of rotatable bonds is 4. The fourth-order valence-electron chi connectivity index (χ4n) is 2.81. The zero-order chi connectivity index (χ0) is 15.1. The zero-order valence-electron chi connectivity index (χ0n) is 12.2. The molecule has 0 heterocycles. The first-order valence-electron chi connectivity index (χ1n) is 7.44. The van der Waals surface area contributed by atoms with E-state index in [1.165, 1.54) is 19.3 Å². The van der Waals surface area contributed by atoms with Gasteiger partial charge in [-0.05, 0) is 25.0 Å². The van der Waals surface area contributed by atoms with Crippen molar-refractivity contribution in [2.75, 3.05) is 11.9 Å². The van der Waals surface area contributed by atoms with Crippen LogP contribution >= 0.6 is 0 Å². The quantitative estimate of drug-likeness (QED) is 0.852. The van der Waals surface area contributed by atoms with Crippen LogP contribution in [0.1, 0.15) is 37.7 Å². The summed E-state index contributed by atoms with van der Waals surface area (Å²) in [6, 6.07) is 9.28. The largest absolute Gasteiger partial charge is 0.322 e. The van der Waals surface area contributed by atoms with Crippen molar-refractivity contribution >= 4 is 11.7 Å². The van der Waals surface area contributed by atoms with Gasteiger partial charge in [-0.1, -0.05) is 37.5 Å². The molecule has 2 rings (SSSR count). The smallest absolute Gasteiger partial charge is 0.318 e. The summed E-state index contributed by atoms with van der Waals surface area (Å²) in [5.41, 5.74) is 1.04. The van der Waals surface area contributed by atoms with Crippen LogP contribution < -0.4 is 5.32 Å². The van der Waals surface area contributed by atoms with Gasteiger partial charge in [-0.15, -0.1) is 6.58 Å². The predicted octanol–water partition coefficient (Wildman–Crippen LogP) is 3.91. The molecular weight excluding hydrogens is 262 g/mol. The highest BCUT2D eigenvalue weighted by molar-refractivity contribution is 5.91. The van der Waals surface area contributed by atoms with Gasteiger partial charge in [0.15, 0.2) is 0 Å². The lowest BCUT2D eigenvalue weighted by Gasteiger charge is -2.33. The molecule has 0 saturated heterocycles. The van der Waals surface area contributed by atoms with Gasteiger partial charge in [0, 0.05) is 12.6 Å².